The van der Waals surface area contributed by atoms with Gasteiger partial charge in [-0.05, 0) is 33.6 Å². The lowest BCUT2D eigenvalue weighted by molar-refractivity contribution is -0.193. The highest BCUT2D eigenvalue weighted by atomic mass is 16.7. The minimum Gasteiger partial charge on any atom is -0.380 e. The van der Waals surface area contributed by atoms with Gasteiger partial charge in [-0.1, -0.05) is 11.6 Å². The van der Waals surface area contributed by atoms with E-state index in [2.05, 4.69) is 6.08 Å². The van der Waals surface area contributed by atoms with Gasteiger partial charge in [0, 0.05) is 13.5 Å². The van der Waals surface area contributed by atoms with Crippen LogP contribution in [-0.4, -0.2) is 53.6 Å². The second-order valence-corrected chi connectivity index (χ2v) is 6.86. The van der Waals surface area contributed by atoms with Crippen LogP contribution in [0.15, 0.2) is 11.6 Å². The van der Waals surface area contributed by atoms with Crippen LogP contribution in [0.4, 0.5) is 0 Å². The number of allylic oxidation sites excluding steroid dienone is 1. The zero-order valence-electron chi connectivity index (χ0n) is 13.1. The molecule has 3 fully saturated rings. The van der Waals surface area contributed by atoms with Gasteiger partial charge in [0.05, 0.1) is 12.7 Å². The van der Waals surface area contributed by atoms with E-state index in [0.717, 1.165) is 6.42 Å². The fourth-order valence-electron chi connectivity index (χ4n) is 3.80. The number of carbonyl (C=O) groups is 1. The Morgan fingerprint density at radius 1 is 1.52 bits per heavy atom. The SMILES string of the molecule is CO[C@@H]1C(=O)CC[C@@]2(CO2)[C@]1(O)[C@]1(C)O[C@@H]1CC=C(C)C. The fraction of sp³-hybridized carbons (Fsp3) is 0.812. The predicted molar refractivity (Wildman–Crippen MR) is 76.0 cm³/mol. The molecule has 0 amide bonds. The molecule has 0 radical (unpaired) electrons. The molecule has 2 heterocycles. The molecule has 0 aromatic heterocycles. The molecule has 0 aromatic carbocycles. The summed E-state index contributed by atoms with van der Waals surface area (Å²) in [5.74, 6) is -0.0705. The first kappa shape index (κ1) is 15.2. The topological polar surface area (TPSA) is 71.6 Å². The molecule has 3 rings (SSSR count). The van der Waals surface area contributed by atoms with Crippen LogP contribution in [0.3, 0.4) is 0 Å². The number of Topliss-reactive ketones (excluding diaryl/α,β-unsaturated/α-hetero) is 1. The minimum atomic E-state index is -1.41. The van der Waals surface area contributed by atoms with Gasteiger partial charge in [-0.3, -0.25) is 4.79 Å². The maximum Gasteiger partial charge on any atom is 0.164 e. The van der Waals surface area contributed by atoms with Crippen molar-refractivity contribution in [2.45, 2.75) is 69.0 Å². The van der Waals surface area contributed by atoms with Crippen LogP contribution in [0.1, 0.15) is 40.0 Å². The van der Waals surface area contributed by atoms with Crippen LogP contribution in [-0.2, 0) is 19.0 Å². The average Bonchev–Trinajstić information content (AvgIpc) is 3.31. The van der Waals surface area contributed by atoms with Crippen molar-refractivity contribution >= 4 is 5.78 Å². The molecular weight excluding hydrogens is 272 g/mol. The van der Waals surface area contributed by atoms with Gasteiger partial charge in [0.15, 0.2) is 11.4 Å². The van der Waals surface area contributed by atoms with Crippen LogP contribution in [0.5, 0.6) is 0 Å². The number of carbonyl (C=O) groups excluding carboxylic acids is 1. The van der Waals surface area contributed by atoms with Crippen LogP contribution in [0.25, 0.3) is 0 Å². The summed E-state index contributed by atoms with van der Waals surface area (Å²) in [4.78, 5) is 12.2. The molecular formula is C16H24O5. The van der Waals surface area contributed by atoms with Gasteiger partial charge in [0.2, 0.25) is 0 Å². The zero-order valence-corrected chi connectivity index (χ0v) is 13.1. The number of aliphatic hydroxyl groups is 1. The molecule has 1 spiro atoms. The van der Waals surface area contributed by atoms with Gasteiger partial charge >= 0.3 is 0 Å². The first-order chi connectivity index (χ1) is 9.81. The Kier molecular flexibility index (Phi) is 3.34. The quantitative estimate of drug-likeness (QED) is 0.627. The van der Waals surface area contributed by atoms with Gasteiger partial charge < -0.3 is 19.3 Å². The van der Waals surface area contributed by atoms with Crippen molar-refractivity contribution < 1.29 is 24.1 Å². The number of rotatable bonds is 4. The van der Waals surface area contributed by atoms with E-state index in [1.165, 1.54) is 12.7 Å². The van der Waals surface area contributed by atoms with Gasteiger partial charge in [-0.2, -0.15) is 0 Å². The van der Waals surface area contributed by atoms with E-state index in [0.29, 0.717) is 19.4 Å². The van der Waals surface area contributed by atoms with Crippen molar-refractivity contribution in [1.29, 1.82) is 0 Å². The molecule has 5 atom stereocenters. The molecule has 1 N–H and O–H groups in total. The Bertz CT molecular complexity index is 491. The number of epoxide rings is 2. The average molecular weight is 296 g/mol. The normalized spacial score (nSPS) is 48.3. The van der Waals surface area contributed by atoms with E-state index in [9.17, 15) is 9.90 Å². The van der Waals surface area contributed by atoms with Crippen LogP contribution >= 0.6 is 0 Å². The lowest BCUT2D eigenvalue weighted by atomic mass is 9.65. The number of hydrogen-bond acceptors (Lipinski definition) is 5. The van der Waals surface area contributed by atoms with Crippen LogP contribution in [0, 0.1) is 0 Å². The fourth-order valence-corrected chi connectivity index (χ4v) is 3.80. The van der Waals surface area contributed by atoms with E-state index in [1.807, 2.05) is 20.8 Å². The van der Waals surface area contributed by atoms with Crippen molar-refractivity contribution in [3.63, 3.8) is 0 Å². The third-order valence-electron chi connectivity index (χ3n) is 5.31. The molecule has 0 aromatic rings. The molecule has 5 heteroatoms. The number of methoxy groups -OCH3 is 1. The monoisotopic (exact) mass is 296 g/mol. The van der Waals surface area contributed by atoms with Crippen LogP contribution < -0.4 is 0 Å². The molecule has 0 bridgehead atoms. The Morgan fingerprint density at radius 3 is 2.71 bits per heavy atom. The number of ketones is 1. The highest BCUT2D eigenvalue weighted by molar-refractivity contribution is 5.87. The Morgan fingerprint density at radius 2 is 2.19 bits per heavy atom. The molecule has 21 heavy (non-hydrogen) atoms. The van der Waals surface area contributed by atoms with E-state index >= 15 is 0 Å². The summed E-state index contributed by atoms with van der Waals surface area (Å²) in [6.45, 7) is 6.39. The molecule has 0 unspecified atom stereocenters. The Labute approximate surface area is 125 Å². The van der Waals surface area contributed by atoms with E-state index in [4.69, 9.17) is 14.2 Å². The van der Waals surface area contributed by atoms with Crippen molar-refractivity contribution in [2.75, 3.05) is 13.7 Å². The molecule has 2 saturated heterocycles. The van der Waals surface area contributed by atoms with Crippen molar-refractivity contribution in [3.05, 3.63) is 11.6 Å². The summed E-state index contributed by atoms with van der Waals surface area (Å²) < 4.78 is 16.8. The molecule has 118 valence electrons. The second-order valence-electron chi connectivity index (χ2n) is 6.86. The third kappa shape index (κ3) is 1.95. The first-order valence-corrected chi connectivity index (χ1v) is 7.54. The van der Waals surface area contributed by atoms with Gasteiger partial charge in [-0.25, -0.2) is 0 Å². The highest BCUT2D eigenvalue weighted by Crippen LogP contribution is 2.61. The Balaban J connectivity index is 1.90. The lowest BCUT2D eigenvalue weighted by Gasteiger charge is -2.45. The maximum absolute atomic E-state index is 12.2. The van der Waals surface area contributed by atoms with Crippen molar-refractivity contribution in [2.24, 2.45) is 0 Å². The number of ether oxygens (including phenoxy) is 3. The Hall–Kier alpha value is -0.750. The van der Waals surface area contributed by atoms with E-state index in [-0.39, 0.29) is 11.9 Å². The maximum atomic E-state index is 12.2. The predicted octanol–water partition coefficient (Wildman–Crippen LogP) is 1.38. The molecule has 1 aliphatic carbocycles. The minimum absolute atomic E-state index is 0.0705. The lowest BCUT2D eigenvalue weighted by Crippen LogP contribution is -2.69. The standard InChI is InChI=1S/C16H24O5/c1-10(2)5-6-12-14(3,21-12)16(18)13(19-4)11(17)7-8-15(16)9-20-15/h5,12-13,18H,6-9H2,1-4H3/t12-,13-,14-,15-,16-/m1/s1. The summed E-state index contributed by atoms with van der Waals surface area (Å²) in [5, 5.41) is 11.4. The highest BCUT2D eigenvalue weighted by Gasteiger charge is 2.81. The van der Waals surface area contributed by atoms with Crippen molar-refractivity contribution in [3.8, 4) is 0 Å². The number of hydrogen-bond donors (Lipinski definition) is 1. The largest absolute Gasteiger partial charge is 0.380 e. The van der Waals surface area contributed by atoms with Gasteiger partial charge in [0.25, 0.3) is 0 Å². The molecule has 3 aliphatic rings. The third-order valence-corrected chi connectivity index (χ3v) is 5.31. The van der Waals surface area contributed by atoms with Crippen molar-refractivity contribution in [1.82, 2.24) is 0 Å². The van der Waals surface area contributed by atoms with Crippen LogP contribution in [0.2, 0.25) is 0 Å². The van der Waals surface area contributed by atoms with Gasteiger partial charge in [-0.15, -0.1) is 0 Å². The summed E-state index contributed by atoms with van der Waals surface area (Å²) in [5.41, 5.74) is -1.69. The van der Waals surface area contributed by atoms with E-state index in [1.54, 1.807) is 0 Å². The summed E-state index contributed by atoms with van der Waals surface area (Å²) >= 11 is 0. The second kappa shape index (κ2) is 4.62. The summed E-state index contributed by atoms with van der Waals surface area (Å²) in [6.07, 6.45) is 2.75. The molecule has 2 aliphatic heterocycles. The smallest absolute Gasteiger partial charge is 0.164 e. The summed E-state index contributed by atoms with van der Waals surface area (Å²) in [6, 6.07) is 0. The van der Waals surface area contributed by atoms with E-state index < -0.39 is 22.9 Å². The first-order valence-electron chi connectivity index (χ1n) is 7.54. The molecule has 5 nitrogen and oxygen atoms in total. The zero-order chi connectivity index (χ0) is 15.5. The molecule has 1 saturated carbocycles. The van der Waals surface area contributed by atoms with Gasteiger partial charge in [0.1, 0.15) is 17.3 Å². The summed E-state index contributed by atoms with van der Waals surface area (Å²) in [7, 11) is 1.46.